The molecule has 0 saturated carbocycles. The van der Waals surface area contributed by atoms with Crippen LogP contribution < -0.4 is 10.1 Å². The fourth-order valence-corrected chi connectivity index (χ4v) is 8.18. The van der Waals surface area contributed by atoms with Gasteiger partial charge in [0.05, 0.1) is 30.8 Å². The molecule has 9 heteroatoms. The van der Waals surface area contributed by atoms with Gasteiger partial charge in [0.25, 0.3) is 0 Å². The number of hydrogen-bond acceptors (Lipinski definition) is 9. The Morgan fingerprint density at radius 1 is 1.06 bits per heavy atom. The first-order valence-electron chi connectivity index (χ1n) is 10.3. The minimum Gasteiger partial charge on any atom is -0.497 e. The SMILES string of the molecule is CCOC(=O)C1=C[C@]2(SC=C(C(=O)OCC)S2)C2=C(S1)C(C)(C)Nc1cc(OC)ccc12. The minimum atomic E-state index is -0.687. The molecule has 4 rings (SSSR count). The molecule has 0 fully saturated rings. The van der Waals surface area contributed by atoms with Crippen LogP contribution in [0.4, 0.5) is 5.69 Å². The number of hydrogen-bond donors (Lipinski definition) is 1. The minimum absolute atomic E-state index is 0.298. The van der Waals surface area contributed by atoms with Crippen molar-refractivity contribution in [2.75, 3.05) is 25.6 Å². The second-order valence-electron chi connectivity index (χ2n) is 7.79. The van der Waals surface area contributed by atoms with Gasteiger partial charge in [0.2, 0.25) is 0 Å². The van der Waals surface area contributed by atoms with E-state index in [1.54, 1.807) is 21.0 Å². The fourth-order valence-electron chi connectivity index (χ4n) is 3.83. The largest absolute Gasteiger partial charge is 0.497 e. The first kappa shape index (κ1) is 23.2. The van der Waals surface area contributed by atoms with Crippen LogP contribution in [-0.2, 0) is 19.1 Å². The van der Waals surface area contributed by atoms with Crippen LogP contribution >= 0.6 is 35.3 Å². The lowest BCUT2D eigenvalue weighted by Gasteiger charge is -2.44. The van der Waals surface area contributed by atoms with Gasteiger partial charge in [0, 0.05) is 27.8 Å². The third-order valence-corrected chi connectivity index (χ3v) is 9.44. The van der Waals surface area contributed by atoms with E-state index in [1.165, 1.54) is 35.3 Å². The summed E-state index contributed by atoms with van der Waals surface area (Å²) in [4.78, 5) is 27.4. The average molecular weight is 492 g/mol. The molecule has 0 saturated heterocycles. The van der Waals surface area contributed by atoms with Gasteiger partial charge in [-0.05, 0) is 51.3 Å². The first-order valence-corrected chi connectivity index (χ1v) is 12.8. The zero-order valence-electron chi connectivity index (χ0n) is 18.6. The van der Waals surface area contributed by atoms with Gasteiger partial charge in [0.15, 0.2) is 0 Å². The van der Waals surface area contributed by atoms with Crippen LogP contribution in [0.25, 0.3) is 5.57 Å². The van der Waals surface area contributed by atoms with Gasteiger partial charge in [-0.3, -0.25) is 0 Å². The third-order valence-electron chi connectivity index (χ3n) is 5.18. The molecule has 3 heterocycles. The zero-order chi connectivity index (χ0) is 23.1. The van der Waals surface area contributed by atoms with Crippen LogP contribution in [0.3, 0.4) is 0 Å². The van der Waals surface area contributed by atoms with Crippen molar-refractivity contribution in [3.8, 4) is 5.75 Å². The highest BCUT2D eigenvalue weighted by Gasteiger charge is 2.51. The van der Waals surface area contributed by atoms with E-state index >= 15 is 0 Å². The van der Waals surface area contributed by atoms with Crippen molar-refractivity contribution in [3.63, 3.8) is 0 Å². The fraction of sp³-hybridized carbons (Fsp3) is 0.391. The Balaban J connectivity index is 1.87. The highest BCUT2D eigenvalue weighted by atomic mass is 32.2. The van der Waals surface area contributed by atoms with Gasteiger partial charge < -0.3 is 19.5 Å². The molecular formula is C23H25NO5S3. The number of nitrogens with one attached hydrogen (secondary N) is 1. The second-order valence-corrected chi connectivity index (χ2v) is 11.5. The predicted octanol–water partition coefficient (Wildman–Crippen LogP) is 5.39. The van der Waals surface area contributed by atoms with Crippen molar-refractivity contribution < 1.29 is 23.8 Å². The van der Waals surface area contributed by atoms with E-state index < -0.39 is 9.62 Å². The number of anilines is 1. The molecule has 0 amide bonds. The number of carbonyl (C=O) groups is 2. The van der Waals surface area contributed by atoms with Crippen molar-refractivity contribution in [2.45, 2.75) is 37.3 Å². The van der Waals surface area contributed by atoms with Crippen LogP contribution in [0.2, 0.25) is 0 Å². The lowest BCUT2D eigenvalue weighted by atomic mass is 9.87. The van der Waals surface area contributed by atoms with Crippen molar-refractivity contribution in [1.29, 1.82) is 0 Å². The van der Waals surface area contributed by atoms with Gasteiger partial charge in [-0.25, -0.2) is 9.59 Å². The quantitative estimate of drug-likeness (QED) is 0.546. The molecule has 0 radical (unpaired) electrons. The molecule has 6 nitrogen and oxygen atoms in total. The Kier molecular flexibility index (Phi) is 6.35. The molecule has 1 N–H and O–H groups in total. The van der Waals surface area contributed by atoms with E-state index in [4.69, 9.17) is 14.2 Å². The lowest BCUT2D eigenvalue weighted by Crippen LogP contribution is -2.40. The summed E-state index contributed by atoms with van der Waals surface area (Å²) in [7, 11) is 1.64. The summed E-state index contributed by atoms with van der Waals surface area (Å²) < 4.78 is 15.3. The van der Waals surface area contributed by atoms with E-state index in [0.717, 1.165) is 27.5 Å². The molecule has 3 aliphatic heterocycles. The molecule has 1 aromatic rings. The van der Waals surface area contributed by atoms with Crippen LogP contribution in [0.1, 0.15) is 33.3 Å². The standard InChI is InChI=1S/C23H25NO5S3/c1-6-28-20(25)16-11-23(30-12-17(32-23)21(26)29-7-2)18-14-9-8-13(27-5)10-15(14)24-22(3,4)19(18)31-16/h8-12,24H,6-7H2,1-5H3/t23-/m1/s1. The van der Waals surface area contributed by atoms with Crippen molar-refractivity contribution in [2.24, 2.45) is 0 Å². The number of benzene rings is 1. The number of thioether (sulfide) groups is 3. The van der Waals surface area contributed by atoms with E-state index in [1.807, 2.05) is 29.7 Å². The van der Waals surface area contributed by atoms with Gasteiger partial charge in [-0.2, -0.15) is 0 Å². The first-order chi connectivity index (χ1) is 15.2. The summed E-state index contributed by atoms with van der Waals surface area (Å²) in [5.74, 6) is 0.0513. The second kappa shape index (κ2) is 8.76. The number of carbonyl (C=O) groups excluding carboxylic acids is 2. The van der Waals surface area contributed by atoms with E-state index in [2.05, 4.69) is 19.2 Å². The van der Waals surface area contributed by atoms with Crippen LogP contribution in [0.5, 0.6) is 5.75 Å². The number of rotatable bonds is 5. The molecular weight excluding hydrogens is 466 g/mol. The molecule has 1 atom stereocenters. The van der Waals surface area contributed by atoms with Crippen LogP contribution in [0.15, 0.2) is 44.4 Å². The molecule has 32 heavy (non-hydrogen) atoms. The van der Waals surface area contributed by atoms with E-state index in [9.17, 15) is 9.59 Å². The van der Waals surface area contributed by atoms with Crippen molar-refractivity contribution >= 4 is 58.5 Å². The summed E-state index contributed by atoms with van der Waals surface area (Å²) in [6, 6.07) is 5.94. The molecule has 0 aliphatic carbocycles. The lowest BCUT2D eigenvalue weighted by molar-refractivity contribution is -0.138. The summed E-state index contributed by atoms with van der Waals surface area (Å²) in [5.41, 5.74) is 2.59. The maximum Gasteiger partial charge on any atom is 0.345 e. The molecule has 0 unspecified atom stereocenters. The third kappa shape index (κ3) is 3.95. The molecule has 0 aromatic heterocycles. The molecule has 1 aromatic carbocycles. The Hall–Kier alpha value is -1.97. The van der Waals surface area contributed by atoms with Crippen LogP contribution in [0, 0.1) is 0 Å². The Morgan fingerprint density at radius 2 is 1.75 bits per heavy atom. The average Bonchev–Trinajstić information content (AvgIpc) is 3.17. The maximum absolute atomic E-state index is 12.8. The van der Waals surface area contributed by atoms with E-state index in [0.29, 0.717) is 23.0 Å². The highest BCUT2D eigenvalue weighted by molar-refractivity contribution is 8.25. The molecule has 170 valence electrons. The maximum atomic E-state index is 12.8. The topological polar surface area (TPSA) is 73.9 Å². The Bertz CT molecular complexity index is 1080. The van der Waals surface area contributed by atoms with Crippen LogP contribution in [-0.4, -0.2) is 41.9 Å². The number of esters is 2. The van der Waals surface area contributed by atoms with Gasteiger partial charge in [0.1, 0.15) is 14.7 Å². The Morgan fingerprint density at radius 3 is 2.41 bits per heavy atom. The van der Waals surface area contributed by atoms with Crippen molar-refractivity contribution in [3.05, 3.63) is 50.0 Å². The number of ether oxygens (including phenoxy) is 3. The summed E-state index contributed by atoms with van der Waals surface area (Å²) in [5, 5.41) is 5.43. The number of fused-ring (bicyclic) bond motifs is 3. The highest BCUT2D eigenvalue weighted by Crippen LogP contribution is 2.65. The van der Waals surface area contributed by atoms with Gasteiger partial charge >= 0.3 is 11.9 Å². The Labute approximate surface area is 200 Å². The summed E-state index contributed by atoms with van der Waals surface area (Å²) in [6.07, 6.45) is 1.93. The monoisotopic (exact) mass is 491 g/mol. The summed E-state index contributed by atoms with van der Waals surface area (Å²) in [6.45, 7) is 8.36. The van der Waals surface area contributed by atoms with Crippen molar-refractivity contribution in [1.82, 2.24) is 0 Å². The normalized spacial score (nSPS) is 22.9. The van der Waals surface area contributed by atoms with Gasteiger partial charge in [-0.1, -0.05) is 23.5 Å². The number of methoxy groups -OCH3 is 1. The van der Waals surface area contributed by atoms with E-state index in [-0.39, 0.29) is 11.9 Å². The predicted molar refractivity (Wildman–Crippen MR) is 133 cm³/mol. The molecule has 1 spiro atoms. The smallest absolute Gasteiger partial charge is 0.345 e. The summed E-state index contributed by atoms with van der Waals surface area (Å²) >= 11 is 4.36. The molecule has 0 bridgehead atoms. The molecule has 3 aliphatic rings. The zero-order valence-corrected chi connectivity index (χ0v) is 21.0. The van der Waals surface area contributed by atoms with Gasteiger partial charge in [-0.15, -0.1) is 11.8 Å².